The first-order valence-electron chi connectivity index (χ1n) is 6.58. The Morgan fingerprint density at radius 2 is 2.00 bits per heavy atom. The van der Waals surface area contributed by atoms with Crippen LogP contribution < -0.4 is 4.90 Å². The van der Waals surface area contributed by atoms with Crippen LogP contribution in [0.5, 0.6) is 0 Å². The van der Waals surface area contributed by atoms with Crippen LogP contribution in [0.3, 0.4) is 0 Å². The Labute approximate surface area is 121 Å². The zero-order chi connectivity index (χ0) is 15.2. The Morgan fingerprint density at radius 1 is 1.33 bits per heavy atom. The summed E-state index contributed by atoms with van der Waals surface area (Å²) in [6, 6.07) is 4.77. The van der Waals surface area contributed by atoms with E-state index in [1.54, 1.807) is 12.3 Å². The van der Waals surface area contributed by atoms with Gasteiger partial charge < -0.3 is 4.90 Å². The lowest BCUT2D eigenvalue weighted by atomic mass is 10.1. The van der Waals surface area contributed by atoms with Crippen molar-refractivity contribution in [3.8, 4) is 0 Å². The second-order valence-corrected chi connectivity index (χ2v) is 4.26. The van der Waals surface area contributed by atoms with Crippen LogP contribution >= 0.6 is 0 Å². The quantitative estimate of drug-likeness (QED) is 0.460. The number of anilines is 1. The monoisotopic (exact) mass is 288 g/mol. The molecule has 0 saturated carbocycles. The van der Waals surface area contributed by atoms with Gasteiger partial charge in [-0.25, -0.2) is 4.68 Å². The predicted molar refractivity (Wildman–Crippen MR) is 79.7 cm³/mol. The number of rotatable bonds is 6. The van der Waals surface area contributed by atoms with Gasteiger partial charge in [-0.05, 0) is 19.9 Å². The van der Waals surface area contributed by atoms with Gasteiger partial charge in [0.05, 0.1) is 11.1 Å². The van der Waals surface area contributed by atoms with Crippen LogP contribution in [0.1, 0.15) is 19.4 Å². The van der Waals surface area contributed by atoms with E-state index in [-0.39, 0.29) is 5.69 Å². The topological polar surface area (TPSA) is 89.5 Å². The van der Waals surface area contributed by atoms with E-state index in [9.17, 15) is 10.1 Å². The molecule has 8 nitrogen and oxygen atoms in total. The summed E-state index contributed by atoms with van der Waals surface area (Å²) in [6.45, 7) is 5.68. The zero-order valence-electron chi connectivity index (χ0n) is 11.9. The first kappa shape index (κ1) is 14.6. The number of aromatic nitrogens is 3. The minimum Gasteiger partial charge on any atom is -0.372 e. The van der Waals surface area contributed by atoms with Crippen LogP contribution in [-0.4, -0.2) is 39.1 Å². The summed E-state index contributed by atoms with van der Waals surface area (Å²) in [7, 11) is 0. The summed E-state index contributed by atoms with van der Waals surface area (Å²) >= 11 is 0. The highest BCUT2D eigenvalue weighted by atomic mass is 16.6. The molecule has 0 aliphatic carbocycles. The van der Waals surface area contributed by atoms with Crippen LogP contribution in [0.15, 0.2) is 36.0 Å². The number of non-ortho nitro benzene ring substituents is 1. The Kier molecular flexibility index (Phi) is 4.60. The largest absolute Gasteiger partial charge is 0.372 e. The molecule has 2 aromatic rings. The molecular formula is C13H16N6O2. The van der Waals surface area contributed by atoms with E-state index in [1.807, 2.05) is 13.8 Å². The molecule has 1 aromatic carbocycles. The van der Waals surface area contributed by atoms with Crippen LogP contribution in [0.4, 0.5) is 11.4 Å². The van der Waals surface area contributed by atoms with Crippen LogP contribution in [0.2, 0.25) is 0 Å². The predicted octanol–water partition coefficient (Wildman–Crippen LogP) is 1.91. The van der Waals surface area contributed by atoms with Crippen LogP contribution in [-0.2, 0) is 0 Å². The third-order valence-corrected chi connectivity index (χ3v) is 3.06. The first-order valence-corrected chi connectivity index (χ1v) is 6.58. The Hall–Kier alpha value is -2.77. The van der Waals surface area contributed by atoms with Crippen molar-refractivity contribution in [2.24, 2.45) is 5.10 Å². The fourth-order valence-corrected chi connectivity index (χ4v) is 1.99. The van der Waals surface area contributed by atoms with Gasteiger partial charge in [-0.3, -0.25) is 10.1 Å². The minimum atomic E-state index is -0.415. The highest BCUT2D eigenvalue weighted by Crippen LogP contribution is 2.24. The van der Waals surface area contributed by atoms with Gasteiger partial charge in [0, 0.05) is 36.5 Å². The minimum absolute atomic E-state index is 0.0381. The maximum Gasteiger partial charge on any atom is 0.270 e. The van der Waals surface area contributed by atoms with E-state index >= 15 is 0 Å². The molecule has 0 saturated heterocycles. The zero-order valence-corrected chi connectivity index (χ0v) is 11.9. The van der Waals surface area contributed by atoms with Crippen LogP contribution in [0, 0.1) is 10.1 Å². The first-order chi connectivity index (χ1) is 10.2. The molecule has 8 heteroatoms. The summed E-state index contributed by atoms with van der Waals surface area (Å²) in [5.41, 5.74) is 1.63. The smallest absolute Gasteiger partial charge is 0.270 e. The lowest BCUT2D eigenvalue weighted by Crippen LogP contribution is -2.23. The SMILES string of the molecule is CCN(CC)c1ccc([N+](=O)[O-])cc1/C=N\n1cnnc1. The van der Waals surface area contributed by atoms with Crippen molar-refractivity contribution in [3.05, 3.63) is 46.5 Å². The molecule has 2 rings (SSSR count). The number of nitro groups is 1. The molecule has 1 heterocycles. The van der Waals surface area contributed by atoms with Crippen molar-refractivity contribution in [1.29, 1.82) is 0 Å². The molecule has 0 atom stereocenters. The van der Waals surface area contributed by atoms with Gasteiger partial charge in [0.15, 0.2) is 0 Å². The number of nitrogens with zero attached hydrogens (tertiary/aromatic N) is 6. The third kappa shape index (κ3) is 3.41. The number of benzene rings is 1. The molecule has 0 N–H and O–H groups in total. The number of hydrogen-bond acceptors (Lipinski definition) is 6. The Bertz CT molecular complexity index is 634. The van der Waals surface area contributed by atoms with Gasteiger partial charge in [-0.15, -0.1) is 10.2 Å². The standard InChI is InChI=1S/C13H16N6O2/c1-3-17(4-2)13-6-5-12(19(20)21)7-11(13)8-16-18-9-14-15-10-18/h5-10H,3-4H2,1-2H3/b16-8-. The fraction of sp³-hybridized carbons (Fsp3) is 0.308. The van der Waals surface area contributed by atoms with E-state index in [1.165, 1.54) is 29.5 Å². The average molecular weight is 288 g/mol. The average Bonchev–Trinajstić information content (AvgIpc) is 3.00. The summed E-state index contributed by atoms with van der Waals surface area (Å²) < 4.78 is 1.44. The van der Waals surface area contributed by atoms with Crippen molar-refractivity contribution < 1.29 is 4.92 Å². The molecule has 110 valence electrons. The number of nitro benzene ring substituents is 1. The fourth-order valence-electron chi connectivity index (χ4n) is 1.99. The normalized spacial score (nSPS) is 11.0. The van der Waals surface area contributed by atoms with Crippen molar-refractivity contribution in [3.63, 3.8) is 0 Å². The molecule has 0 aliphatic heterocycles. The molecule has 1 aromatic heterocycles. The van der Waals surface area contributed by atoms with Crippen molar-refractivity contribution in [2.75, 3.05) is 18.0 Å². The van der Waals surface area contributed by atoms with E-state index in [0.717, 1.165) is 18.8 Å². The number of hydrogen-bond donors (Lipinski definition) is 0. The summed E-state index contributed by atoms with van der Waals surface area (Å²) in [4.78, 5) is 12.6. The second kappa shape index (κ2) is 6.60. The second-order valence-electron chi connectivity index (χ2n) is 4.26. The molecule has 0 fully saturated rings. The van der Waals surface area contributed by atoms with Gasteiger partial charge in [-0.1, -0.05) is 0 Å². The van der Waals surface area contributed by atoms with E-state index in [0.29, 0.717) is 5.56 Å². The summed E-state index contributed by atoms with van der Waals surface area (Å²) in [6.07, 6.45) is 4.47. The molecule has 0 spiro atoms. The van der Waals surface area contributed by atoms with E-state index in [4.69, 9.17) is 0 Å². The molecule has 0 amide bonds. The summed E-state index contributed by atoms with van der Waals surface area (Å²) in [5.74, 6) is 0. The molecular weight excluding hydrogens is 272 g/mol. The van der Waals surface area contributed by atoms with Crippen LogP contribution in [0.25, 0.3) is 0 Å². The van der Waals surface area contributed by atoms with Gasteiger partial charge in [0.25, 0.3) is 5.69 Å². The maximum absolute atomic E-state index is 10.9. The van der Waals surface area contributed by atoms with Gasteiger partial charge in [-0.2, -0.15) is 5.10 Å². The van der Waals surface area contributed by atoms with E-state index in [2.05, 4.69) is 20.2 Å². The molecule has 0 bridgehead atoms. The highest BCUT2D eigenvalue weighted by molar-refractivity contribution is 5.89. The van der Waals surface area contributed by atoms with Gasteiger partial charge in [0.1, 0.15) is 12.7 Å². The maximum atomic E-state index is 10.9. The third-order valence-electron chi connectivity index (χ3n) is 3.06. The van der Waals surface area contributed by atoms with Gasteiger partial charge >= 0.3 is 0 Å². The Morgan fingerprint density at radius 3 is 2.57 bits per heavy atom. The molecule has 0 unspecified atom stereocenters. The lowest BCUT2D eigenvalue weighted by molar-refractivity contribution is -0.384. The Balaban J connectivity index is 2.42. The molecule has 0 aliphatic rings. The van der Waals surface area contributed by atoms with E-state index < -0.39 is 4.92 Å². The highest BCUT2D eigenvalue weighted by Gasteiger charge is 2.13. The van der Waals surface area contributed by atoms with Crippen molar-refractivity contribution >= 4 is 17.6 Å². The van der Waals surface area contributed by atoms with Crippen molar-refractivity contribution in [2.45, 2.75) is 13.8 Å². The van der Waals surface area contributed by atoms with Gasteiger partial charge in [0.2, 0.25) is 0 Å². The lowest BCUT2D eigenvalue weighted by Gasteiger charge is -2.22. The summed E-state index contributed by atoms with van der Waals surface area (Å²) in [5, 5.41) is 22.4. The molecule has 21 heavy (non-hydrogen) atoms. The molecule has 0 radical (unpaired) electrons. The van der Waals surface area contributed by atoms with Crippen molar-refractivity contribution in [1.82, 2.24) is 14.9 Å².